The van der Waals surface area contributed by atoms with E-state index in [1.807, 2.05) is 44.2 Å². The molecule has 0 N–H and O–H groups in total. The molecular weight excluding hydrogens is 151 g/mol. The van der Waals surface area contributed by atoms with E-state index in [2.05, 4.69) is 0 Å². The van der Waals surface area contributed by atoms with Crippen molar-refractivity contribution in [2.75, 3.05) is 0 Å². The largest absolute Gasteiger partial charge is 0.238 e. The SMILES string of the molecule is CC1(C)CC1(F)c1ccccc1. The maximum atomic E-state index is 14.0. The van der Waals surface area contributed by atoms with Crippen molar-refractivity contribution >= 4 is 0 Å². The summed E-state index contributed by atoms with van der Waals surface area (Å²) in [6, 6.07) is 9.45. The van der Waals surface area contributed by atoms with E-state index in [1.165, 1.54) is 0 Å². The Hall–Kier alpha value is -0.850. The van der Waals surface area contributed by atoms with Gasteiger partial charge in [-0.2, -0.15) is 0 Å². The summed E-state index contributed by atoms with van der Waals surface area (Å²) in [5.41, 5.74) is -0.391. The van der Waals surface area contributed by atoms with Gasteiger partial charge in [0.25, 0.3) is 0 Å². The van der Waals surface area contributed by atoms with Gasteiger partial charge < -0.3 is 0 Å². The molecule has 1 heteroatoms. The molecule has 2 rings (SSSR count). The van der Waals surface area contributed by atoms with Gasteiger partial charge in [0.05, 0.1) is 0 Å². The van der Waals surface area contributed by atoms with E-state index in [9.17, 15) is 4.39 Å². The van der Waals surface area contributed by atoms with Crippen molar-refractivity contribution in [2.24, 2.45) is 5.41 Å². The zero-order valence-electron chi connectivity index (χ0n) is 7.47. The molecule has 0 saturated heterocycles. The molecular formula is C11H13F. The van der Waals surface area contributed by atoms with Crippen molar-refractivity contribution in [3.8, 4) is 0 Å². The highest BCUT2D eigenvalue weighted by molar-refractivity contribution is 5.32. The Kier molecular flexibility index (Phi) is 1.36. The minimum absolute atomic E-state index is 0.158. The molecule has 1 atom stereocenters. The third-order valence-electron chi connectivity index (χ3n) is 2.86. The average Bonchev–Trinajstić information content (AvgIpc) is 2.55. The van der Waals surface area contributed by atoms with Crippen LogP contribution >= 0.6 is 0 Å². The molecule has 1 fully saturated rings. The molecule has 12 heavy (non-hydrogen) atoms. The number of benzene rings is 1. The number of hydrogen-bond acceptors (Lipinski definition) is 0. The predicted octanol–water partition coefficient (Wildman–Crippen LogP) is 3.28. The molecule has 1 unspecified atom stereocenters. The van der Waals surface area contributed by atoms with Crippen LogP contribution in [0.15, 0.2) is 30.3 Å². The molecule has 0 aromatic heterocycles. The van der Waals surface area contributed by atoms with E-state index in [4.69, 9.17) is 0 Å². The van der Waals surface area contributed by atoms with Crippen molar-refractivity contribution in [3.63, 3.8) is 0 Å². The summed E-state index contributed by atoms with van der Waals surface area (Å²) in [5.74, 6) is 0. The second kappa shape index (κ2) is 2.09. The second-order valence-corrected chi connectivity index (χ2v) is 4.23. The van der Waals surface area contributed by atoms with Gasteiger partial charge in [0, 0.05) is 5.41 Å². The van der Waals surface area contributed by atoms with Gasteiger partial charge in [0.1, 0.15) is 5.67 Å². The van der Waals surface area contributed by atoms with Crippen LogP contribution in [0.3, 0.4) is 0 Å². The van der Waals surface area contributed by atoms with Crippen molar-refractivity contribution in [2.45, 2.75) is 25.9 Å². The molecule has 1 saturated carbocycles. The number of halogens is 1. The molecule has 64 valence electrons. The molecule has 0 amide bonds. The highest BCUT2D eigenvalue weighted by Crippen LogP contribution is 2.65. The Balaban J connectivity index is 2.35. The number of rotatable bonds is 1. The molecule has 0 aliphatic heterocycles. The number of alkyl halides is 1. The topological polar surface area (TPSA) is 0 Å². The van der Waals surface area contributed by atoms with Crippen LogP contribution in [-0.4, -0.2) is 0 Å². The minimum atomic E-state index is -1.06. The first kappa shape index (κ1) is 7.78. The Bertz CT molecular complexity index is 289. The lowest BCUT2D eigenvalue weighted by Gasteiger charge is -2.10. The highest BCUT2D eigenvalue weighted by Gasteiger charge is 2.63. The summed E-state index contributed by atoms with van der Waals surface area (Å²) in [5, 5.41) is 0. The van der Waals surface area contributed by atoms with Crippen molar-refractivity contribution in [3.05, 3.63) is 35.9 Å². The van der Waals surface area contributed by atoms with Gasteiger partial charge in [-0.3, -0.25) is 0 Å². The van der Waals surface area contributed by atoms with E-state index < -0.39 is 5.67 Å². The Morgan fingerprint density at radius 3 is 2.08 bits per heavy atom. The van der Waals surface area contributed by atoms with E-state index in [0.717, 1.165) is 5.56 Å². The van der Waals surface area contributed by atoms with Gasteiger partial charge in [-0.05, 0) is 12.0 Å². The van der Waals surface area contributed by atoms with Crippen LogP contribution in [0.1, 0.15) is 25.8 Å². The maximum Gasteiger partial charge on any atom is 0.141 e. The van der Waals surface area contributed by atoms with E-state index in [1.54, 1.807) is 0 Å². The van der Waals surface area contributed by atoms with E-state index >= 15 is 0 Å². The highest BCUT2D eigenvalue weighted by atomic mass is 19.1. The normalized spacial score (nSPS) is 31.6. The van der Waals surface area contributed by atoms with Gasteiger partial charge in [-0.1, -0.05) is 44.2 Å². The zero-order chi connectivity index (χ0) is 8.82. The van der Waals surface area contributed by atoms with Crippen LogP contribution in [0.4, 0.5) is 4.39 Å². The Morgan fingerprint density at radius 2 is 1.67 bits per heavy atom. The smallest absolute Gasteiger partial charge is 0.141 e. The van der Waals surface area contributed by atoms with Crippen molar-refractivity contribution in [1.82, 2.24) is 0 Å². The molecule has 0 bridgehead atoms. The van der Waals surface area contributed by atoms with Crippen molar-refractivity contribution < 1.29 is 4.39 Å². The summed E-state index contributed by atoms with van der Waals surface area (Å²) in [6.45, 7) is 3.94. The van der Waals surface area contributed by atoms with Gasteiger partial charge in [-0.15, -0.1) is 0 Å². The Morgan fingerprint density at radius 1 is 1.17 bits per heavy atom. The van der Waals surface area contributed by atoms with Crippen LogP contribution in [0.5, 0.6) is 0 Å². The van der Waals surface area contributed by atoms with E-state index in [-0.39, 0.29) is 5.41 Å². The van der Waals surface area contributed by atoms with Crippen LogP contribution in [-0.2, 0) is 5.67 Å². The molecule has 1 aliphatic rings. The lowest BCUT2D eigenvalue weighted by Crippen LogP contribution is -2.06. The molecule has 1 aliphatic carbocycles. The summed E-state index contributed by atoms with van der Waals surface area (Å²) in [7, 11) is 0. The fraction of sp³-hybridized carbons (Fsp3) is 0.455. The average molecular weight is 164 g/mol. The van der Waals surface area contributed by atoms with Crippen LogP contribution in [0, 0.1) is 5.41 Å². The van der Waals surface area contributed by atoms with E-state index in [0.29, 0.717) is 6.42 Å². The first-order valence-electron chi connectivity index (χ1n) is 4.31. The van der Waals surface area contributed by atoms with Crippen LogP contribution < -0.4 is 0 Å². The Labute approximate surface area is 72.4 Å². The molecule has 0 radical (unpaired) electrons. The summed E-state index contributed by atoms with van der Waals surface area (Å²) >= 11 is 0. The molecule has 1 aromatic rings. The van der Waals surface area contributed by atoms with Gasteiger partial charge in [0.2, 0.25) is 0 Å². The van der Waals surface area contributed by atoms with Crippen LogP contribution in [0.2, 0.25) is 0 Å². The zero-order valence-corrected chi connectivity index (χ0v) is 7.47. The first-order chi connectivity index (χ1) is 5.56. The van der Waals surface area contributed by atoms with Gasteiger partial charge >= 0.3 is 0 Å². The third kappa shape index (κ3) is 0.889. The molecule has 1 aromatic carbocycles. The quantitative estimate of drug-likeness (QED) is 0.597. The standard InChI is InChI=1S/C11H13F/c1-10(2)8-11(10,12)9-6-4-3-5-7-9/h3-7H,8H2,1-2H3. The molecule has 0 nitrogen and oxygen atoms in total. The lowest BCUT2D eigenvalue weighted by molar-refractivity contribution is 0.249. The maximum absolute atomic E-state index is 14.0. The summed E-state index contributed by atoms with van der Waals surface area (Å²) < 4.78 is 14.0. The lowest BCUT2D eigenvalue weighted by atomic mass is 10.0. The fourth-order valence-electron chi connectivity index (χ4n) is 1.76. The van der Waals surface area contributed by atoms with Crippen LogP contribution in [0.25, 0.3) is 0 Å². The van der Waals surface area contributed by atoms with Crippen molar-refractivity contribution in [1.29, 1.82) is 0 Å². The molecule has 0 heterocycles. The van der Waals surface area contributed by atoms with Gasteiger partial charge in [-0.25, -0.2) is 4.39 Å². The van der Waals surface area contributed by atoms with Gasteiger partial charge in [0.15, 0.2) is 0 Å². The predicted molar refractivity (Wildman–Crippen MR) is 47.6 cm³/mol. The molecule has 0 spiro atoms. The third-order valence-corrected chi connectivity index (χ3v) is 2.86. The number of hydrogen-bond donors (Lipinski definition) is 0. The summed E-state index contributed by atoms with van der Waals surface area (Å²) in [4.78, 5) is 0. The minimum Gasteiger partial charge on any atom is -0.238 e. The fourth-order valence-corrected chi connectivity index (χ4v) is 1.76. The first-order valence-corrected chi connectivity index (χ1v) is 4.31. The monoisotopic (exact) mass is 164 g/mol. The summed E-state index contributed by atoms with van der Waals surface area (Å²) in [6.07, 6.45) is 0.657. The second-order valence-electron chi connectivity index (χ2n) is 4.23.